The third kappa shape index (κ3) is 13.7. The Morgan fingerprint density at radius 2 is 0.431 bits per heavy atom. The number of hydrogen-bond donors (Lipinski definition) is 0. The largest absolute Gasteiger partial charge is 0.496 e. The molecule has 0 N–H and O–H groups in total. The lowest BCUT2D eigenvalue weighted by Gasteiger charge is -2.35. The van der Waals surface area contributed by atoms with Crippen LogP contribution in [0, 0.1) is 0 Å². The van der Waals surface area contributed by atoms with Crippen molar-refractivity contribution in [3.63, 3.8) is 0 Å². The van der Waals surface area contributed by atoms with Gasteiger partial charge in [0, 0.05) is 78.5 Å². The first-order valence-corrected chi connectivity index (χ1v) is 23.0. The summed E-state index contributed by atoms with van der Waals surface area (Å²) in [5.41, 5.74) is 4.04. The van der Waals surface area contributed by atoms with E-state index in [0.717, 1.165) is 22.3 Å². The zero-order valence-electron chi connectivity index (χ0n) is 43.4. The molecular formula is C52H68N4O16. The zero-order chi connectivity index (χ0) is 52.5. The second kappa shape index (κ2) is 27.0. The molecular weight excluding hydrogens is 937 g/mol. The lowest BCUT2D eigenvalue weighted by Crippen LogP contribution is -2.45. The van der Waals surface area contributed by atoms with Crippen molar-refractivity contribution in [1.82, 2.24) is 19.6 Å². The van der Waals surface area contributed by atoms with Crippen LogP contribution in [0.3, 0.4) is 0 Å². The van der Waals surface area contributed by atoms with E-state index < -0.39 is 23.9 Å². The summed E-state index contributed by atoms with van der Waals surface area (Å²) in [4.78, 5) is 60.1. The van der Waals surface area contributed by atoms with Gasteiger partial charge in [-0.25, -0.2) is 19.2 Å². The van der Waals surface area contributed by atoms with Crippen LogP contribution in [0.25, 0.3) is 0 Å². The average Bonchev–Trinajstić information content (AvgIpc) is 3.41. The molecule has 4 aromatic carbocycles. The third-order valence-electron chi connectivity index (χ3n) is 12.6. The van der Waals surface area contributed by atoms with E-state index in [1.807, 2.05) is 0 Å². The number of carbonyl (C=O) groups excluding carboxylic acids is 4. The van der Waals surface area contributed by atoms with Crippen LogP contribution in [-0.2, 0) is 45.1 Å². The third-order valence-corrected chi connectivity index (χ3v) is 12.6. The molecule has 0 aromatic heterocycles. The summed E-state index contributed by atoms with van der Waals surface area (Å²) in [7, 11) is 17.6. The standard InChI is InChI=1S/C52H68N4O16/c1-61-41-21-33(49(57)69-9)22-42(62-2)37(41)29-53-13-15-54(30-38-43(63-3)23-34(50(58)70-10)24-44(38)64-4)17-19-56(32-40-47(67-7)27-36(52(60)72-12)28-48(40)68-8)20-18-55(16-14-53)31-39-45(65-5)25-35(51(59)71-11)26-46(39)66-6/h21-28H,13-20,29-32H2,1-12H3. The van der Waals surface area contributed by atoms with E-state index >= 15 is 0 Å². The van der Waals surface area contributed by atoms with E-state index in [-0.39, 0.29) is 22.3 Å². The Morgan fingerprint density at radius 1 is 0.292 bits per heavy atom. The van der Waals surface area contributed by atoms with Crippen molar-refractivity contribution >= 4 is 23.9 Å². The monoisotopic (exact) mass is 1000 g/mol. The zero-order valence-corrected chi connectivity index (χ0v) is 43.4. The summed E-state index contributed by atoms with van der Waals surface area (Å²) in [5.74, 6) is 1.51. The number of hydrogen-bond acceptors (Lipinski definition) is 20. The molecule has 1 fully saturated rings. The molecule has 1 aliphatic heterocycles. The summed E-state index contributed by atoms with van der Waals surface area (Å²) in [5, 5.41) is 0. The van der Waals surface area contributed by atoms with E-state index in [0.29, 0.717) is 125 Å². The van der Waals surface area contributed by atoms with Crippen LogP contribution in [-0.4, -0.2) is 181 Å². The maximum absolute atomic E-state index is 12.7. The molecule has 1 aliphatic rings. The summed E-state index contributed by atoms with van der Waals surface area (Å²) < 4.78 is 67.2. The first-order valence-electron chi connectivity index (χ1n) is 23.0. The first kappa shape index (κ1) is 55.9. The molecule has 5 rings (SSSR count). The Hall–Kier alpha value is -7.00. The van der Waals surface area contributed by atoms with Crippen molar-refractivity contribution in [2.75, 3.05) is 138 Å². The molecule has 0 bridgehead atoms. The van der Waals surface area contributed by atoms with Gasteiger partial charge in [-0.05, 0) is 48.5 Å². The van der Waals surface area contributed by atoms with Crippen molar-refractivity contribution in [2.24, 2.45) is 0 Å². The van der Waals surface area contributed by atoms with Crippen LogP contribution >= 0.6 is 0 Å². The SMILES string of the molecule is COC(=O)c1cc(OC)c(CN2CCN(Cc3c(OC)cc(C(=O)OC)cc3OC)CCN(Cc3c(OC)cc(C(=O)OC)cc3OC)CCN(Cc3c(OC)cc(C(=O)OC)cc3OC)CC2)c(OC)c1. The fourth-order valence-corrected chi connectivity index (χ4v) is 8.61. The highest BCUT2D eigenvalue weighted by atomic mass is 16.5. The number of ether oxygens (including phenoxy) is 12. The Bertz CT molecular complexity index is 2060. The van der Waals surface area contributed by atoms with Crippen LogP contribution < -0.4 is 37.9 Å². The summed E-state index contributed by atoms with van der Waals surface area (Å²) in [6.07, 6.45) is 0. The van der Waals surface area contributed by atoms with Gasteiger partial charge in [0.25, 0.3) is 0 Å². The highest BCUT2D eigenvalue weighted by Gasteiger charge is 2.27. The Kier molecular flexibility index (Phi) is 21.0. The maximum atomic E-state index is 12.7. The molecule has 0 atom stereocenters. The van der Waals surface area contributed by atoms with Gasteiger partial charge in [0.05, 0.1) is 130 Å². The smallest absolute Gasteiger partial charge is 0.338 e. The van der Waals surface area contributed by atoms with Crippen molar-refractivity contribution in [3.8, 4) is 46.0 Å². The Balaban J connectivity index is 1.64. The quantitative estimate of drug-likeness (QED) is 0.0826. The molecule has 1 heterocycles. The predicted octanol–water partition coefficient (Wildman–Crippen LogP) is 5.22. The molecule has 4 aromatic rings. The van der Waals surface area contributed by atoms with Crippen molar-refractivity contribution < 1.29 is 76.0 Å². The molecule has 392 valence electrons. The fraction of sp³-hybridized carbons (Fsp3) is 0.462. The van der Waals surface area contributed by atoms with E-state index in [9.17, 15) is 19.2 Å². The van der Waals surface area contributed by atoms with Crippen LogP contribution in [0.4, 0.5) is 0 Å². The summed E-state index contributed by atoms with van der Waals surface area (Å²) in [6.45, 7) is 5.69. The van der Waals surface area contributed by atoms with Gasteiger partial charge < -0.3 is 56.8 Å². The highest BCUT2D eigenvalue weighted by molar-refractivity contribution is 5.92. The maximum Gasteiger partial charge on any atom is 0.338 e. The second-order valence-corrected chi connectivity index (χ2v) is 16.5. The van der Waals surface area contributed by atoms with Gasteiger partial charge >= 0.3 is 23.9 Å². The number of carbonyl (C=O) groups is 4. The normalized spacial score (nSPS) is 14.2. The van der Waals surface area contributed by atoms with Crippen molar-refractivity contribution in [3.05, 3.63) is 93.0 Å². The lowest BCUT2D eigenvalue weighted by molar-refractivity contribution is 0.0591. The summed E-state index contributed by atoms with van der Waals surface area (Å²) in [6, 6.07) is 13.2. The lowest BCUT2D eigenvalue weighted by atomic mass is 10.1. The molecule has 0 radical (unpaired) electrons. The topological polar surface area (TPSA) is 192 Å². The number of esters is 4. The van der Waals surface area contributed by atoms with Gasteiger partial charge in [-0.3, -0.25) is 19.6 Å². The molecule has 0 spiro atoms. The van der Waals surface area contributed by atoms with Gasteiger partial charge in [0.15, 0.2) is 0 Å². The minimum Gasteiger partial charge on any atom is -0.496 e. The molecule has 0 amide bonds. The Morgan fingerprint density at radius 3 is 0.542 bits per heavy atom. The fourth-order valence-electron chi connectivity index (χ4n) is 8.61. The van der Waals surface area contributed by atoms with Crippen molar-refractivity contribution in [1.29, 1.82) is 0 Å². The predicted molar refractivity (Wildman–Crippen MR) is 265 cm³/mol. The van der Waals surface area contributed by atoms with Gasteiger partial charge in [-0.15, -0.1) is 0 Å². The molecule has 0 aliphatic carbocycles. The van der Waals surface area contributed by atoms with E-state index in [1.54, 1.807) is 105 Å². The van der Waals surface area contributed by atoms with Crippen LogP contribution in [0.5, 0.6) is 46.0 Å². The molecule has 20 nitrogen and oxygen atoms in total. The van der Waals surface area contributed by atoms with Crippen LogP contribution in [0.15, 0.2) is 48.5 Å². The van der Waals surface area contributed by atoms with Gasteiger partial charge in [-0.1, -0.05) is 0 Å². The molecule has 0 unspecified atom stereocenters. The van der Waals surface area contributed by atoms with Crippen molar-refractivity contribution in [2.45, 2.75) is 26.2 Å². The average molecular weight is 1010 g/mol. The van der Waals surface area contributed by atoms with E-state index in [4.69, 9.17) is 56.8 Å². The number of nitrogens with zero attached hydrogens (tertiary/aromatic N) is 4. The second-order valence-electron chi connectivity index (χ2n) is 16.5. The van der Waals surface area contributed by atoms with Gasteiger partial charge in [-0.2, -0.15) is 0 Å². The van der Waals surface area contributed by atoms with Gasteiger partial charge in [0.1, 0.15) is 46.0 Å². The number of methoxy groups -OCH3 is 12. The van der Waals surface area contributed by atoms with Gasteiger partial charge in [0.2, 0.25) is 0 Å². The molecule has 20 heteroatoms. The minimum atomic E-state index is -0.532. The summed E-state index contributed by atoms with van der Waals surface area (Å²) >= 11 is 0. The molecule has 72 heavy (non-hydrogen) atoms. The first-order chi connectivity index (χ1) is 34.8. The van der Waals surface area contributed by atoms with Crippen LogP contribution in [0.1, 0.15) is 63.7 Å². The molecule has 1 saturated heterocycles. The molecule has 0 saturated carbocycles. The Labute approximate surface area is 421 Å². The van der Waals surface area contributed by atoms with E-state index in [2.05, 4.69) is 19.6 Å². The van der Waals surface area contributed by atoms with E-state index in [1.165, 1.54) is 28.4 Å². The minimum absolute atomic E-state index is 0.280. The van der Waals surface area contributed by atoms with Crippen LogP contribution in [0.2, 0.25) is 0 Å². The number of benzene rings is 4. The highest BCUT2D eigenvalue weighted by Crippen LogP contribution is 2.37. The number of rotatable bonds is 20.